The zero-order valence-corrected chi connectivity index (χ0v) is 35.3. The fourth-order valence-corrected chi connectivity index (χ4v) is 12.2. The first-order chi connectivity index (χ1) is 30.9. The number of aryl methyl sites for hydroxylation is 2. The van der Waals surface area contributed by atoms with Crippen molar-refractivity contribution in [2.75, 3.05) is 7.05 Å². The predicted octanol–water partition coefficient (Wildman–Crippen LogP) is 13.7. The Bertz CT molecular complexity index is 3420. The summed E-state index contributed by atoms with van der Waals surface area (Å²) in [5.74, 6) is 0.00675. The average molecular weight is 804 g/mol. The lowest BCUT2D eigenvalue weighted by Gasteiger charge is -2.31. The van der Waals surface area contributed by atoms with Crippen molar-refractivity contribution in [1.82, 2.24) is 0 Å². The number of fused-ring (bicyclic) bond motifs is 20. The zero-order valence-electron chi connectivity index (χ0n) is 35.3. The topological polar surface area (TPSA) is 29.4 Å². The quantitative estimate of drug-likeness (QED) is 0.129. The summed E-state index contributed by atoms with van der Waals surface area (Å²) >= 11 is 0. The van der Waals surface area contributed by atoms with Crippen LogP contribution in [-0.4, -0.2) is 18.5 Å². The van der Waals surface area contributed by atoms with E-state index in [4.69, 9.17) is 4.99 Å². The van der Waals surface area contributed by atoms with Gasteiger partial charge in [-0.2, -0.15) is 0 Å². The molecule has 0 N–H and O–H groups in total. The predicted molar refractivity (Wildman–Crippen MR) is 256 cm³/mol. The molecule has 0 bridgehead atoms. The average Bonchev–Trinajstić information content (AvgIpc) is 4.00. The molecular formula is C61H41NO. The number of hydrogen-bond donors (Lipinski definition) is 0. The molecule has 0 heterocycles. The molecule has 4 aliphatic rings. The second-order valence-electron chi connectivity index (χ2n) is 17.8. The van der Waals surface area contributed by atoms with Crippen molar-refractivity contribution in [2.45, 2.75) is 24.7 Å². The summed E-state index contributed by atoms with van der Waals surface area (Å²) in [5, 5.41) is 0. The molecule has 0 saturated heterocycles. The summed E-state index contributed by atoms with van der Waals surface area (Å²) < 4.78 is 0. The van der Waals surface area contributed by atoms with Crippen LogP contribution in [0.15, 0.2) is 199 Å². The van der Waals surface area contributed by atoms with Crippen LogP contribution < -0.4 is 0 Å². The second-order valence-corrected chi connectivity index (χ2v) is 17.8. The normalized spacial score (nSPS) is 14.7. The van der Waals surface area contributed by atoms with E-state index in [1.54, 1.807) is 0 Å². The SMILES string of the molecule is CN=C(c1ccc(C(=O)c2ccc3c(c2)C2(c4ccccc4-c4ccccc42)c2cc(C)ccc2-3)cc1)c1ccc2c(c1)C1(c3ccccc3-c3ccccc31)c1cc(C)ccc1-2. The smallest absolute Gasteiger partial charge is 0.193 e. The number of carbonyl (C=O) groups excluding carboxylic acids is 1. The fraction of sp³-hybridized carbons (Fsp3) is 0.0820. The monoisotopic (exact) mass is 803 g/mol. The molecule has 63 heavy (non-hydrogen) atoms. The molecular weight excluding hydrogens is 763 g/mol. The molecule has 0 atom stereocenters. The molecule has 0 aliphatic heterocycles. The zero-order chi connectivity index (χ0) is 42.2. The Morgan fingerprint density at radius 1 is 0.333 bits per heavy atom. The Kier molecular flexibility index (Phi) is 7.39. The number of carbonyl (C=O) groups is 1. The standard InChI is InChI=1S/C61H41NO/c1-36-20-28-46-48-30-26-40(34-56(48)60(54(46)32-36)50-16-8-4-12-42(50)43-13-5-9-17-51(43)60)58(62-3)38-22-24-39(25-23-38)59(63)41-27-31-49-47-29-21-37(2)33-55(47)61(57(49)35-41)52-18-10-6-14-44(52)45-15-7-11-19-53(45)61/h4-35H,1-3H3. The molecule has 0 radical (unpaired) electrons. The van der Waals surface area contributed by atoms with Gasteiger partial charge in [0, 0.05) is 29.3 Å². The lowest BCUT2D eigenvalue weighted by Crippen LogP contribution is -2.26. The lowest BCUT2D eigenvalue weighted by atomic mass is 9.70. The van der Waals surface area contributed by atoms with Crippen LogP contribution in [0.4, 0.5) is 0 Å². The molecule has 0 unspecified atom stereocenters. The molecule has 9 aromatic carbocycles. The molecule has 0 aromatic heterocycles. The van der Waals surface area contributed by atoms with E-state index in [0.29, 0.717) is 11.1 Å². The Hall–Kier alpha value is -7.68. The third-order valence-corrected chi connectivity index (χ3v) is 14.7. The van der Waals surface area contributed by atoms with Crippen LogP contribution in [0.5, 0.6) is 0 Å². The van der Waals surface area contributed by atoms with Gasteiger partial charge in [-0.25, -0.2) is 0 Å². The van der Waals surface area contributed by atoms with E-state index in [-0.39, 0.29) is 5.78 Å². The molecule has 296 valence electrons. The Labute approximate surface area is 367 Å². The highest BCUT2D eigenvalue weighted by Gasteiger charge is 2.53. The Balaban J connectivity index is 0.897. The van der Waals surface area contributed by atoms with Crippen molar-refractivity contribution in [3.8, 4) is 44.5 Å². The third kappa shape index (κ3) is 4.57. The maximum absolute atomic E-state index is 14.7. The lowest BCUT2D eigenvalue weighted by molar-refractivity contribution is 0.103. The van der Waals surface area contributed by atoms with E-state index in [2.05, 4.69) is 190 Å². The summed E-state index contributed by atoms with van der Waals surface area (Å²) in [7, 11) is 1.87. The summed E-state index contributed by atoms with van der Waals surface area (Å²) in [6.07, 6.45) is 0. The maximum Gasteiger partial charge on any atom is 0.193 e. The number of rotatable bonds is 4. The molecule has 0 saturated carbocycles. The molecule has 2 spiro atoms. The summed E-state index contributed by atoms with van der Waals surface area (Å²) in [4.78, 5) is 19.6. The van der Waals surface area contributed by atoms with Crippen molar-refractivity contribution >= 4 is 11.5 Å². The van der Waals surface area contributed by atoms with E-state index < -0.39 is 10.8 Å². The molecule has 13 rings (SSSR count). The molecule has 0 amide bonds. The van der Waals surface area contributed by atoms with Crippen LogP contribution >= 0.6 is 0 Å². The highest BCUT2D eigenvalue weighted by Crippen LogP contribution is 2.64. The number of hydrogen-bond acceptors (Lipinski definition) is 2. The molecule has 2 heteroatoms. The van der Waals surface area contributed by atoms with Crippen LogP contribution in [0.1, 0.15) is 82.7 Å². The summed E-state index contributed by atoms with van der Waals surface area (Å²) in [6, 6.07) is 70.6. The Morgan fingerprint density at radius 2 is 0.651 bits per heavy atom. The largest absolute Gasteiger partial charge is 0.289 e. The first-order valence-electron chi connectivity index (χ1n) is 22.0. The van der Waals surface area contributed by atoms with Gasteiger partial charge >= 0.3 is 0 Å². The summed E-state index contributed by atoms with van der Waals surface area (Å²) in [5.41, 5.74) is 26.1. The number of nitrogens with zero attached hydrogens (tertiary/aromatic N) is 1. The second kappa shape index (κ2) is 12.9. The first-order valence-corrected chi connectivity index (χ1v) is 22.0. The van der Waals surface area contributed by atoms with E-state index in [1.807, 2.05) is 25.2 Å². The Morgan fingerprint density at radius 3 is 1.08 bits per heavy atom. The van der Waals surface area contributed by atoms with E-state index in [1.165, 1.54) is 100 Å². The minimum atomic E-state index is -0.506. The maximum atomic E-state index is 14.7. The number of benzene rings is 9. The van der Waals surface area contributed by atoms with Gasteiger partial charge in [-0.15, -0.1) is 0 Å². The summed E-state index contributed by atoms with van der Waals surface area (Å²) in [6.45, 7) is 4.37. The van der Waals surface area contributed by atoms with Gasteiger partial charge in [-0.05, 0) is 115 Å². The van der Waals surface area contributed by atoms with Crippen LogP contribution in [0.3, 0.4) is 0 Å². The van der Waals surface area contributed by atoms with Gasteiger partial charge in [0.25, 0.3) is 0 Å². The van der Waals surface area contributed by atoms with Crippen LogP contribution in [-0.2, 0) is 10.8 Å². The fourth-order valence-electron chi connectivity index (χ4n) is 12.2. The van der Waals surface area contributed by atoms with E-state index in [0.717, 1.165) is 16.8 Å². The number of aliphatic imine (C=N–C) groups is 1. The highest BCUT2D eigenvalue weighted by atomic mass is 16.1. The minimum absolute atomic E-state index is 0.00675. The van der Waals surface area contributed by atoms with Gasteiger partial charge < -0.3 is 0 Å². The minimum Gasteiger partial charge on any atom is -0.289 e. The van der Waals surface area contributed by atoms with Gasteiger partial charge in [-0.1, -0.05) is 193 Å². The molecule has 4 aliphatic carbocycles. The van der Waals surface area contributed by atoms with Gasteiger partial charge in [0.1, 0.15) is 0 Å². The van der Waals surface area contributed by atoms with Crippen molar-refractivity contribution in [3.05, 3.63) is 272 Å². The molecule has 9 aromatic rings. The number of ketones is 1. The first kappa shape index (κ1) is 36.0. The molecule has 0 fully saturated rings. The van der Waals surface area contributed by atoms with E-state index in [9.17, 15) is 4.79 Å². The van der Waals surface area contributed by atoms with Crippen molar-refractivity contribution in [2.24, 2.45) is 4.99 Å². The van der Waals surface area contributed by atoms with Crippen molar-refractivity contribution in [3.63, 3.8) is 0 Å². The highest BCUT2D eigenvalue weighted by molar-refractivity contribution is 6.15. The van der Waals surface area contributed by atoms with Crippen molar-refractivity contribution < 1.29 is 4.79 Å². The molecule has 2 nitrogen and oxygen atoms in total. The van der Waals surface area contributed by atoms with Crippen molar-refractivity contribution in [1.29, 1.82) is 0 Å². The van der Waals surface area contributed by atoms with Gasteiger partial charge in [0.2, 0.25) is 0 Å². The van der Waals surface area contributed by atoms with E-state index >= 15 is 0 Å². The van der Waals surface area contributed by atoms with Crippen LogP contribution in [0.25, 0.3) is 44.5 Å². The van der Waals surface area contributed by atoms with Crippen LogP contribution in [0.2, 0.25) is 0 Å². The van der Waals surface area contributed by atoms with Gasteiger partial charge in [0.15, 0.2) is 5.78 Å². The van der Waals surface area contributed by atoms with Gasteiger partial charge in [0.05, 0.1) is 16.5 Å². The third-order valence-electron chi connectivity index (χ3n) is 14.7. The van der Waals surface area contributed by atoms with Crippen LogP contribution in [0, 0.1) is 13.8 Å². The van der Waals surface area contributed by atoms with Gasteiger partial charge in [-0.3, -0.25) is 9.79 Å².